The summed E-state index contributed by atoms with van der Waals surface area (Å²) >= 11 is 0. The van der Waals surface area contributed by atoms with Crippen LogP contribution in [0.4, 0.5) is 4.79 Å². The van der Waals surface area contributed by atoms with Crippen LogP contribution in [0.3, 0.4) is 0 Å². The first-order valence-electron chi connectivity index (χ1n) is 8.25. The summed E-state index contributed by atoms with van der Waals surface area (Å²) in [4.78, 5) is 28.2. The number of nitrogens with one attached hydrogen (secondary N) is 2. The summed E-state index contributed by atoms with van der Waals surface area (Å²) in [5.41, 5.74) is 2.50. The first-order valence-corrected chi connectivity index (χ1v) is 8.25. The molecular weight excluding hydrogens is 292 g/mol. The predicted octanol–water partition coefficient (Wildman–Crippen LogP) is 0.575. The van der Waals surface area contributed by atoms with Gasteiger partial charge < -0.3 is 20.4 Å². The van der Waals surface area contributed by atoms with Crippen LogP contribution in [0.5, 0.6) is 0 Å². The Labute approximate surface area is 136 Å². The molecule has 0 spiro atoms. The first-order chi connectivity index (χ1) is 11.1. The minimum absolute atomic E-state index is 0.00948. The molecule has 0 aliphatic carbocycles. The molecule has 1 aromatic rings. The maximum atomic E-state index is 12.3. The molecule has 1 fully saturated rings. The van der Waals surface area contributed by atoms with Gasteiger partial charge in [0.15, 0.2) is 0 Å². The fraction of sp³-hybridized carbons (Fsp3) is 0.529. The number of carbonyl (C=O) groups is 2. The van der Waals surface area contributed by atoms with Gasteiger partial charge in [-0.2, -0.15) is 0 Å². The van der Waals surface area contributed by atoms with E-state index in [1.807, 2.05) is 24.0 Å². The molecule has 6 heteroatoms. The first kappa shape index (κ1) is 15.8. The van der Waals surface area contributed by atoms with Crippen molar-refractivity contribution in [1.29, 1.82) is 0 Å². The van der Waals surface area contributed by atoms with Crippen LogP contribution in [-0.2, 0) is 17.8 Å². The van der Waals surface area contributed by atoms with Gasteiger partial charge in [0.2, 0.25) is 5.91 Å². The van der Waals surface area contributed by atoms with E-state index in [9.17, 15) is 9.59 Å². The molecule has 0 radical (unpaired) electrons. The molecule has 124 valence electrons. The van der Waals surface area contributed by atoms with E-state index in [0.29, 0.717) is 19.6 Å². The minimum atomic E-state index is -0.157. The SMILES string of the molecule is C[C@H]1CNCCN1C(=O)CNC(=O)N1CCc2ccccc2C1. The summed E-state index contributed by atoms with van der Waals surface area (Å²) in [5, 5.41) is 6.03. The lowest BCUT2D eigenvalue weighted by molar-refractivity contribution is -0.132. The Morgan fingerprint density at radius 3 is 2.83 bits per heavy atom. The summed E-state index contributed by atoms with van der Waals surface area (Å²) in [6.07, 6.45) is 0.867. The van der Waals surface area contributed by atoms with Crippen molar-refractivity contribution >= 4 is 11.9 Å². The molecule has 6 nitrogen and oxygen atoms in total. The normalized spacial score (nSPS) is 20.8. The van der Waals surface area contributed by atoms with Crippen LogP contribution in [0, 0.1) is 0 Å². The molecule has 1 atom stereocenters. The average Bonchev–Trinajstić information content (AvgIpc) is 2.59. The van der Waals surface area contributed by atoms with Crippen LogP contribution in [-0.4, -0.2) is 60.5 Å². The molecule has 0 bridgehead atoms. The summed E-state index contributed by atoms with van der Waals surface area (Å²) in [7, 11) is 0. The molecule has 1 aromatic carbocycles. The fourth-order valence-electron chi connectivity index (χ4n) is 3.25. The smallest absolute Gasteiger partial charge is 0.318 e. The molecular formula is C17H24N4O2. The van der Waals surface area contributed by atoms with Crippen molar-refractivity contribution < 1.29 is 9.59 Å². The maximum absolute atomic E-state index is 12.3. The zero-order valence-corrected chi connectivity index (χ0v) is 13.5. The lowest BCUT2D eigenvalue weighted by Crippen LogP contribution is -2.55. The molecule has 1 saturated heterocycles. The van der Waals surface area contributed by atoms with Gasteiger partial charge in [-0.15, -0.1) is 0 Å². The molecule has 0 aromatic heterocycles. The Morgan fingerprint density at radius 2 is 2.04 bits per heavy atom. The van der Waals surface area contributed by atoms with Crippen molar-refractivity contribution in [2.45, 2.75) is 25.9 Å². The van der Waals surface area contributed by atoms with E-state index in [2.05, 4.69) is 22.8 Å². The molecule has 0 saturated carbocycles. The third-order valence-electron chi connectivity index (χ3n) is 4.63. The van der Waals surface area contributed by atoms with Gasteiger partial charge >= 0.3 is 6.03 Å². The molecule has 23 heavy (non-hydrogen) atoms. The van der Waals surface area contributed by atoms with Gasteiger partial charge in [-0.05, 0) is 24.5 Å². The highest BCUT2D eigenvalue weighted by Crippen LogP contribution is 2.18. The topological polar surface area (TPSA) is 64.7 Å². The summed E-state index contributed by atoms with van der Waals surface area (Å²) in [5.74, 6) is -0.00948. The van der Waals surface area contributed by atoms with Gasteiger partial charge in [-0.25, -0.2) is 4.79 Å². The number of fused-ring (bicyclic) bond motifs is 1. The van der Waals surface area contributed by atoms with Crippen molar-refractivity contribution in [3.8, 4) is 0 Å². The Bertz CT molecular complexity index is 590. The number of rotatable bonds is 2. The van der Waals surface area contributed by atoms with Gasteiger partial charge in [-0.1, -0.05) is 24.3 Å². The van der Waals surface area contributed by atoms with Crippen LogP contribution in [0.15, 0.2) is 24.3 Å². The van der Waals surface area contributed by atoms with Crippen LogP contribution >= 0.6 is 0 Å². The number of hydrogen-bond donors (Lipinski definition) is 2. The third kappa shape index (κ3) is 3.64. The molecule has 2 N–H and O–H groups in total. The molecule has 2 aliphatic heterocycles. The lowest BCUT2D eigenvalue weighted by atomic mass is 10.0. The number of carbonyl (C=O) groups excluding carboxylic acids is 2. The maximum Gasteiger partial charge on any atom is 0.318 e. The van der Waals surface area contributed by atoms with E-state index in [1.165, 1.54) is 11.1 Å². The quantitative estimate of drug-likeness (QED) is 0.839. The van der Waals surface area contributed by atoms with Gasteiger partial charge in [0.05, 0.1) is 6.54 Å². The second kappa shape index (κ2) is 7.00. The summed E-state index contributed by atoms with van der Waals surface area (Å²) in [6, 6.07) is 8.21. The highest BCUT2D eigenvalue weighted by Gasteiger charge is 2.25. The predicted molar refractivity (Wildman–Crippen MR) is 88.0 cm³/mol. The number of hydrogen-bond acceptors (Lipinski definition) is 3. The second-order valence-electron chi connectivity index (χ2n) is 6.24. The Balaban J connectivity index is 1.51. The highest BCUT2D eigenvalue weighted by atomic mass is 16.2. The van der Waals surface area contributed by atoms with Crippen molar-refractivity contribution in [3.63, 3.8) is 0 Å². The van der Waals surface area contributed by atoms with E-state index in [4.69, 9.17) is 0 Å². The van der Waals surface area contributed by atoms with Gasteiger partial charge in [0.1, 0.15) is 0 Å². The number of urea groups is 1. The Hall–Kier alpha value is -2.08. The highest BCUT2D eigenvalue weighted by molar-refractivity contribution is 5.84. The van der Waals surface area contributed by atoms with Crippen LogP contribution < -0.4 is 10.6 Å². The monoisotopic (exact) mass is 316 g/mol. The fourth-order valence-corrected chi connectivity index (χ4v) is 3.25. The molecule has 3 amide bonds. The molecule has 0 unspecified atom stereocenters. The van der Waals surface area contributed by atoms with Gasteiger partial charge in [0.25, 0.3) is 0 Å². The summed E-state index contributed by atoms with van der Waals surface area (Å²) in [6.45, 7) is 5.72. The van der Waals surface area contributed by atoms with Crippen LogP contribution in [0.25, 0.3) is 0 Å². The zero-order valence-electron chi connectivity index (χ0n) is 13.5. The molecule has 2 aliphatic rings. The number of nitrogens with zero attached hydrogens (tertiary/aromatic N) is 2. The standard InChI is InChI=1S/C17H24N4O2/c1-13-10-18-7-9-21(13)16(22)11-19-17(23)20-8-6-14-4-2-3-5-15(14)12-20/h2-5,13,18H,6-12H2,1H3,(H,19,23)/t13-/m0/s1. The van der Waals surface area contributed by atoms with E-state index < -0.39 is 0 Å². The van der Waals surface area contributed by atoms with Gasteiger partial charge in [-0.3, -0.25) is 4.79 Å². The third-order valence-corrected chi connectivity index (χ3v) is 4.63. The van der Waals surface area contributed by atoms with E-state index in [1.54, 1.807) is 4.90 Å². The van der Waals surface area contributed by atoms with Crippen molar-refractivity contribution in [2.24, 2.45) is 0 Å². The van der Waals surface area contributed by atoms with E-state index in [-0.39, 0.29) is 24.5 Å². The van der Waals surface area contributed by atoms with Crippen molar-refractivity contribution in [2.75, 3.05) is 32.7 Å². The molecule has 3 rings (SSSR count). The number of benzene rings is 1. The van der Waals surface area contributed by atoms with Crippen molar-refractivity contribution in [1.82, 2.24) is 20.4 Å². The van der Waals surface area contributed by atoms with Crippen molar-refractivity contribution in [3.05, 3.63) is 35.4 Å². The average molecular weight is 316 g/mol. The minimum Gasteiger partial charge on any atom is -0.336 e. The van der Waals surface area contributed by atoms with E-state index in [0.717, 1.165) is 19.5 Å². The molecule has 2 heterocycles. The van der Waals surface area contributed by atoms with Gasteiger partial charge in [0, 0.05) is 38.8 Å². The van der Waals surface area contributed by atoms with E-state index >= 15 is 0 Å². The number of piperazine rings is 1. The van der Waals surface area contributed by atoms with Crippen LogP contribution in [0.2, 0.25) is 0 Å². The Kier molecular flexibility index (Phi) is 4.81. The van der Waals surface area contributed by atoms with Crippen LogP contribution in [0.1, 0.15) is 18.1 Å². The lowest BCUT2D eigenvalue weighted by Gasteiger charge is -2.34. The Morgan fingerprint density at radius 1 is 1.26 bits per heavy atom. The summed E-state index contributed by atoms with van der Waals surface area (Å²) < 4.78 is 0. The largest absolute Gasteiger partial charge is 0.336 e. The second-order valence-corrected chi connectivity index (χ2v) is 6.24. The number of amides is 3. The zero-order chi connectivity index (χ0) is 16.2.